The normalized spacial score (nSPS) is 16.3. The highest BCUT2D eigenvalue weighted by atomic mass is 16.3. The summed E-state index contributed by atoms with van der Waals surface area (Å²) in [6.07, 6.45) is 1.67. The molecule has 102 valence electrons. The first-order valence-corrected chi connectivity index (χ1v) is 7.15. The fourth-order valence-corrected chi connectivity index (χ4v) is 2.23. The van der Waals surface area contributed by atoms with Crippen molar-refractivity contribution in [3.63, 3.8) is 0 Å². The Hall–Kier alpha value is -0.860. The van der Waals surface area contributed by atoms with Crippen molar-refractivity contribution in [1.29, 1.82) is 0 Å². The van der Waals surface area contributed by atoms with Gasteiger partial charge in [0.05, 0.1) is 6.10 Å². The van der Waals surface area contributed by atoms with Gasteiger partial charge in [-0.3, -0.25) is 0 Å². The third-order valence-electron chi connectivity index (χ3n) is 3.75. The summed E-state index contributed by atoms with van der Waals surface area (Å²) in [4.78, 5) is 0. The minimum absolute atomic E-state index is 0.143. The van der Waals surface area contributed by atoms with Gasteiger partial charge in [-0.1, -0.05) is 52.0 Å². The summed E-state index contributed by atoms with van der Waals surface area (Å²) in [5.74, 6) is 0.590. The Bertz CT molecular complexity index is 333. The van der Waals surface area contributed by atoms with Crippen LogP contribution in [0.4, 0.5) is 0 Å². The molecular weight excluding hydrogens is 222 g/mol. The van der Waals surface area contributed by atoms with Gasteiger partial charge in [0.2, 0.25) is 0 Å². The van der Waals surface area contributed by atoms with Crippen molar-refractivity contribution in [1.82, 2.24) is 5.32 Å². The van der Waals surface area contributed by atoms with Gasteiger partial charge in [0.25, 0.3) is 0 Å². The fourth-order valence-electron chi connectivity index (χ4n) is 2.23. The second-order valence-electron chi connectivity index (χ2n) is 4.99. The lowest BCUT2D eigenvalue weighted by atomic mass is 9.94. The zero-order chi connectivity index (χ0) is 13.5. The fraction of sp³-hybridized carbons (Fsp3) is 0.625. The van der Waals surface area contributed by atoms with E-state index in [-0.39, 0.29) is 6.04 Å². The molecular formula is C16H27NO. The molecule has 3 atom stereocenters. The molecule has 2 nitrogen and oxygen atoms in total. The van der Waals surface area contributed by atoms with E-state index in [2.05, 4.69) is 57.3 Å². The molecule has 0 aromatic heterocycles. The number of hydrogen-bond acceptors (Lipinski definition) is 2. The summed E-state index contributed by atoms with van der Waals surface area (Å²) < 4.78 is 0. The third kappa shape index (κ3) is 3.82. The summed E-state index contributed by atoms with van der Waals surface area (Å²) in [7, 11) is 0. The first-order valence-electron chi connectivity index (χ1n) is 7.15. The monoisotopic (exact) mass is 249 g/mol. The summed E-state index contributed by atoms with van der Waals surface area (Å²) in [5.41, 5.74) is 2.36. The molecule has 0 aliphatic carbocycles. The minimum atomic E-state index is -0.416. The Morgan fingerprint density at radius 1 is 1.00 bits per heavy atom. The molecule has 0 spiro atoms. The van der Waals surface area contributed by atoms with Gasteiger partial charge in [-0.15, -0.1) is 0 Å². The topological polar surface area (TPSA) is 32.3 Å². The van der Waals surface area contributed by atoms with Crippen molar-refractivity contribution < 1.29 is 5.11 Å². The van der Waals surface area contributed by atoms with Crippen molar-refractivity contribution >= 4 is 0 Å². The molecule has 1 aromatic carbocycles. The second kappa shape index (κ2) is 7.55. The van der Waals surface area contributed by atoms with Crippen molar-refractivity contribution in [3.8, 4) is 0 Å². The van der Waals surface area contributed by atoms with Crippen LogP contribution in [-0.2, 0) is 0 Å². The minimum Gasteiger partial charge on any atom is -0.387 e. The van der Waals surface area contributed by atoms with Crippen LogP contribution in [0.5, 0.6) is 0 Å². The number of aliphatic hydroxyl groups excluding tert-OH is 1. The Morgan fingerprint density at radius 3 is 2.00 bits per heavy atom. The van der Waals surface area contributed by atoms with Gasteiger partial charge in [0.15, 0.2) is 0 Å². The first-order chi connectivity index (χ1) is 8.63. The number of aliphatic hydroxyl groups is 1. The SMILES string of the molecule is CCNC(CC)C(O)c1ccc(C(C)CC)cc1. The van der Waals surface area contributed by atoms with E-state index in [0.717, 1.165) is 24.9 Å². The van der Waals surface area contributed by atoms with E-state index in [0.29, 0.717) is 5.92 Å². The summed E-state index contributed by atoms with van der Waals surface area (Å²) in [6.45, 7) is 9.50. The van der Waals surface area contributed by atoms with E-state index >= 15 is 0 Å². The first kappa shape index (κ1) is 15.2. The zero-order valence-electron chi connectivity index (χ0n) is 12.1. The average Bonchev–Trinajstić information content (AvgIpc) is 2.43. The molecule has 0 aliphatic rings. The van der Waals surface area contributed by atoms with Crippen molar-refractivity contribution in [2.45, 2.75) is 58.6 Å². The molecule has 0 amide bonds. The van der Waals surface area contributed by atoms with Gasteiger partial charge >= 0.3 is 0 Å². The van der Waals surface area contributed by atoms with E-state index in [4.69, 9.17) is 0 Å². The van der Waals surface area contributed by atoms with Gasteiger partial charge in [0, 0.05) is 6.04 Å². The van der Waals surface area contributed by atoms with E-state index in [1.54, 1.807) is 0 Å². The number of hydrogen-bond donors (Lipinski definition) is 2. The second-order valence-corrected chi connectivity index (χ2v) is 4.99. The van der Waals surface area contributed by atoms with Crippen molar-refractivity contribution in [2.75, 3.05) is 6.54 Å². The van der Waals surface area contributed by atoms with Gasteiger partial charge in [-0.25, -0.2) is 0 Å². The van der Waals surface area contributed by atoms with Crippen LogP contribution in [0.25, 0.3) is 0 Å². The highest BCUT2D eigenvalue weighted by molar-refractivity contribution is 5.27. The van der Waals surface area contributed by atoms with E-state index in [1.807, 2.05) is 0 Å². The maximum absolute atomic E-state index is 10.3. The Kier molecular flexibility index (Phi) is 6.37. The van der Waals surface area contributed by atoms with Gasteiger partial charge in [-0.05, 0) is 36.4 Å². The van der Waals surface area contributed by atoms with Crippen LogP contribution in [0.15, 0.2) is 24.3 Å². The Morgan fingerprint density at radius 2 is 1.56 bits per heavy atom. The molecule has 0 saturated carbocycles. The lowest BCUT2D eigenvalue weighted by Crippen LogP contribution is -2.34. The molecule has 0 bridgehead atoms. The van der Waals surface area contributed by atoms with E-state index in [9.17, 15) is 5.11 Å². The number of benzene rings is 1. The quantitative estimate of drug-likeness (QED) is 0.773. The summed E-state index contributed by atoms with van der Waals surface area (Å²) >= 11 is 0. The highest BCUT2D eigenvalue weighted by Gasteiger charge is 2.18. The van der Waals surface area contributed by atoms with Crippen molar-refractivity contribution in [2.24, 2.45) is 0 Å². The molecule has 2 N–H and O–H groups in total. The predicted molar refractivity (Wildman–Crippen MR) is 77.9 cm³/mol. The number of likely N-dealkylation sites (N-methyl/N-ethyl adjacent to an activating group) is 1. The van der Waals surface area contributed by atoms with Gasteiger partial charge in [-0.2, -0.15) is 0 Å². The Balaban J connectivity index is 2.77. The standard InChI is InChI=1S/C16H27NO/c1-5-12(4)13-8-10-14(11-9-13)16(18)15(6-2)17-7-3/h8-12,15-18H,5-7H2,1-4H3. The lowest BCUT2D eigenvalue weighted by Gasteiger charge is -2.23. The predicted octanol–water partition coefficient (Wildman–Crippen LogP) is 3.62. The average molecular weight is 249 g/mol. The van der Waals surface area contributed by atoms with Crippen LogP contribution in [0.1, 0.15) is 63.7 Å². The molecule has 2 heteroatoms. The van der Waals surface area contributed by atoms with Crippen LogP contribution >= 0.6 is 0 Å². The highest BCUT2D eigenvalue weighted by Crippen LogP contribution is 2.23. The molecule has 1 aromatic rings. The maximum Gasteiger partial charge on any atom is 0.0942 e. The van der Waals surface area contributed by atoms with Crippen LogP contribution in [0.3, 0.4) is 0 Å². The molecule has 0 aliphatic heterocycles. The smallest absolute Gasteiger partial charge is 0.0942 e. The Labute approximate surface area is 111 Å². The van der Waals surface area contributed by atoms with Gasteiger partial charge < -0.3 is 10.4 Å². The largest absolute Gasteiger partial charge is 0.387 e. The molecule has 1 rings (SSSR count). The molecule has 18 heavy (non-hydrogen) atoms. The van der Waals surface area contributed by atoms with Crippen LogP contribution in [0, 0.1) is 0 Å². The van der Waals surface area contributed by atoms with Crippen LogP contribution in [0.2, 0.25) is 0 Å². The van der Waals surface area contributed by atoms with Crippen molar-refractivity contribution in [3.05, 3.63) is 35.4 Å². The summed E-state index contributed by atoms with van der Waals surface area (Å²) in [5, 5.41) is 13.7. The molecule has 0 radical (unpaired) electrons. The third-order valence-corrected chi connectivity index (χ3v) is 3.75. The molecule has 0 saturated heterocycles. The molecule has 3 unspecified atom stereocenters. The number of nitrogens with one attached hydrogen (secondary N) is 1. The van der Waals surface area contributed by atoms with Crippen LogP contribution in [-0.4, -0.2) is 17.7 Å². The lowest BCUT2D eigenvalue weighted by molar-refractivity contribution is 0.127. The molecule has 0 heterocycles. The van der Waals surface area contributed by atoms with E-state index in [1.165, 1.54) is 5.56 Å². The zero-order valence-corrected chi connectivity index (χ0v) is 12.1. The van der Waals surface area contributed by atoms with Gasteiger partial charge in [0.1, 0.15) is 0 Å². The van der Waals surface area contributed by atoms with Crippen LogP contribution < -0.4 is 5.32 Å². The maximum atomic E-state index is 10.3. The summed E-state index contributed by atoms with van der Waals surface area (Å²) in [6, 6.07) is 8.55. The molecule has 0 fully saturated rings. The van der Waals surface area contributed by atoms with E-state index < -0.39 is 6.10 Å². The number of rotatable bonds is 7.